The fourth-order valence-corrected chi connectivity index (χ4v) is 3.25. The van der Waals surface area contributed by atoms with E-state index in [1.165, 1.54) is 11.3 Å². The molecule has 0 bridgehead atoms. The third-order valence-electron chi connectivity index (χ3n) is 4.62. The van der Waals surface area contributed by atoms with E-state index in [1.54, 1.807) is 18.4 Å². The van der Waals surface area contributed by atoms with Gasteiger partial charge in [0.15, 0.2) is 5.76 Å². The van der Waals surface area contributed by atoms with E-state index >= 15 is 0 Å². The molecule has 1 radical (unpaired) electrons. The summed E-state index contributed by atoms with van der Waals surface area (Å²) in [5.74, 6) is 0.859. The summed E-state index contributed by atoms with van der Waals surface area (Å²) in [5.41, 5.74) is 3.64. The second-order valence-corrected chi connectivity index (χ2v) is 6.90. The van der Waals surface area contributed by atoms with Gasteiger partial charge in [-0.15, -0.1) is 0 Å². The first kappa shape index (κ1) is 16.6. The number of rotatable bonds is 3. The van der Waals surface area contributed by atoms with Crippen molar-refractivity contribution < 1.29 is 9.21 Å². The zero-order valence-corrected chi connectivity index (χ0v) is 14.9. The summed E-state index contributed by atoms with van der Waals surface area (Å²) >= 11 is 0. The topological polar surface area (TPSA) is 36.7 Å². The molecular formula is C20H25N2O2. The van der Waals surface area contributed by atoms with E-state index in [1.807, 2.05) is 4.90 Å². The van der Waals surface area contributed by atoms with Gasteiger partial charge in [-0.3, -0.25) is 4.79 Å². The molecule has 127 valence electrons. The second kappa shape index (κ2) is 6.71. The maximum Gasteiger partial charge on any atom is 0.289 e. The summed E-state index contributed by atoms with van der Waals surface area (Å²) in [4.78, 5) is 16.8. The van der Waals surface area contributed by atoms with E-state index in [0.29, 0.717) is 18.2 Å². The van der Waals surface area contributed by atoms with Crippen LogP contribution in [-0.4, -0.2) is 36.5 Å². The van der Waals surface area contributed by atoms with Crippen molar-refractivity contribution in [2.24, 2.45) is 0 Å². The van der Waals surface area contributed by atoms with Gasteiger partial charge >= 0.3 is 0 Å². The lowest BCUT2D eigenvalue weighted by Gasteiger charge is -2.41. The lowest BCUT2D eigenvalue weighted by molar-refractivity contribution is 0.0641. The van der Waals surface area contributed by atoms with Crippen LogP contribution in [0.5, 0.6) is 0 Å². The van der Waals surface area contributed by atoms with Crippen LogP contribution in [0.4, 0.5) is 5.69 Å². The van der Waals surface area contributed by atoms with Gasteiger partial charge in [0, 0.05) is 31.4 Å². The third-order valence-corrected chi connectivity index (χ3v) is 4.62. The van der Waals surface area contributed by atoms with Crippen molar-refractivity contribution in [3.05, 3.63) is 53.5 Å². The normalized spacial score (nSPS) is 18.3. The summed E-state index contributed by atoms with van der Waals surface area (Å²) < 4.78 is 5.26. The molecule has 0 N–H and O–H groups in total. The van der Waals surface area contributed by atoms with E-state index in [0.717, 1.165) is 18.7 Å². The monoisotopic (exact) mass is 325 g/mol. The van der Waals surface area contributed by atoms with Crippen LogP contribution < -0.4 is 4.90 Å². The highest BCUT2D eigenvalue weighted by molar-refractivity contribution is 5.91. The standard InChI is InChI=1S/C20H25N2O2/c1-14(2)17-10-15(3)11-18(12-17)21-7-8-22(16(4)13-21)20(23)19-6-5-9-24-19/h5-6,9,11-12,14,16H,7-8,13H2,1-4H3/t16-/m1/s1. The third kappa shape index (κ3) is 3.32. The van der Waals surface area contributed by atoms with Gasteiger partial charge in [-0.25, -0.2) is 0 Å². The minimum Gasteiger partial charge on any atom is -0.459 e. The highest BCUT2D eigenvalue weighted by atomic mass is 16.3. The Morgan fingerprint density at radius 3 is 2.75 bits per heavy atom. The Bertz CT molecular complexity index is 706. The number of benzene rings is 1. The van der Waals surface area contributed by atoms with E-state index in [4.69, 9.17) is 4.42 Å². The Kier molecular flexibility index (Phi) is 4.65. The van der Waals surface area contributed by atoms with Crippen LogP contribution in [0.15, 0.2) is 34.9 Å². The molecule has 1 fully saturated rings. The van der Waals surface area contributed by atoms with Crippen molar-refractivity contribution in [3.63, 3.8) is 0 Å². The van der Waals surface area contributed by atoms with Crippen LogP contribution in [0.1, 0.15) is 48.4 Å². The Balaban J connectivity index is 1.75. The van der Waals surface area contributed by atoms with E-state index in [-0.39, 0.29) is 11.9 Å². The van der Waals surface area contributed by atoms with Gasteiger partial charge in [0.05, 0.1) is 6.26 Å². The van der Waals surface area contributed by atoms with Gasteiger partial charge in [0.25, 0.3) is 5.91 Å². The maximum atomic E-state index is 12.5. The van der Waals surface area contributed by atoms with Gasteiger partial charge in [-0.2, -0.15) is 0 Å². The lowest BCUT2D eigenvalue weighted by atomic mass is 9.99. The molecule has 1 aliphatic rings. The molecule has 1 atom stereocenters. The number of anilines is 1. The van der Waals surface area contributed by atoms with Gasteiger partial charge < -0.3 is 14.2 Å². The van der Waals surface area contributed by atoms with E-state index in [9.17, 15) is 4.79 Å². The Hall–Kier alpha value is -2.23. The molecular weight excluding hydrogens is 300 g/mol. The summed E-state index contributed by atoms with van der Waals surface area (Å²) in [6.07, 6.45) is 1.55. The average Bonchev–Trinajstić information content (AvgIpc) is 3.08. The molecule has 2 heterocycles. The number of aryl methyl sites for hydroxylation is 1. The van der Waals surface area contributed by atoms with Gasteiger partial charge in [-0.05, 0) is 61.2 Å². The van der Waals surface area contributed by atoms with Crippen molar-refractivity contribution in [1.82, 2.24) is 4.90 Å². The van der Waals surface area contributed by atoms with Crippen LogP contribution in [0.25, 0.3) is 0 Å². The first-order chi connectivity index (χ1) is 11.5. The number of carbonyl (C=O) groups is 1. The van der Waals surface area contributed by atoms with Crippen LogP contribution in [0, 0.1) is 13.0 Å². The zero-order valence-electron chi connectivity index (χ0n) is 14.9. The van der Waals surface area contributed by atoms with Crippen LogP contribution in [0.3, 0.4) is 0 Å². The largest absolute Gasteiger partial charge is 0.459 e. The molecule has 1 saturated heterocycles. The number of hydrogen-bond donors (Lipinski definition) is 0. The fraction of sp³-hybridized carbons (Fsp3) is 0.450. The first-order valence-corrected chi connectivity index (χ1v) is 8.59. The van der Waals surface area contributed by atoms with Gasteiger partial charge in [0.2, 0.25) is 0 Å². The summed E-state index contributed by atoms with van der Waals surface area (Å²) in [6, 6.07) is 11.5. The SMILES string of the molecule is Cc1[c]c(C(C)C)cc(N2CCN(C(=O)c3ccco3)[C@H](C)C2)c1. The summed E-state index contributed by atoms with van der Waals surface area (Å²) in [6.45, 7) is 10.9. The molecule has 0 spiro atoms. The van der Waals surface area contributed by atoms with Crippen molar-refractivity contribution in [2.75, 3.05) is 24.5 Å². The zero-order chi connectivity index (χ0) is 17.3. The van der Waals surface area contributed by atoms with E-state index in [2.05, 4.69) is 50.8 Å². The Morgan fingerprint density at radius 1 is 1.33 bits per heavy atom. The predicted molar refractivity (Wildman–Crippen MR) is 95.5 cm³/mol. The number of amides is 1. The fourth-order valence-electron chi connectivity index (χ4n) is 3.25. The van der Waals surface area contributed by atoms with Crippen molar-refractivity contribution in [1.29, 1.82) is 0 Å². The molecule has 1 amide bonds. The molecule has 4 heteroatoms. The number of piperazine rings is 1. The van der Waals surface area contributed by atoms with Crippen LogP contribution in [0.2, 0.25) is 0 Å². The van der Waals surface area contributed by atoms with Gasteiger partial charge in [-0.1, -0.05) is 13.8 Å². The van der Waals surface area contributed by atoms with Crippen molar-refractivity contribution in [3.8, 4) is 0 Å². The molecule has 24 heavy (non-hydrogen) atoms. The molecule has 0 saturated carbocycles. The first-order valence-electron chi connectivity index (χ1n) is 8.59. The Morgan fingerprint density at radius 2 is 2.12 bits per heavy atom. The molecule has 1 aromatic carbocycles. The van der Waals surface area contributed by atoms with E-state index < -0.39 is 0 Å². The highest BCUT2D eigenvalue weighted by Gasteiger charge is 2.29. The van der Waals surface area contributed by atoms with Crippen molar-refractivity contribution in [2.45, 2.75) is 39.7 Å². The summed E-state index contributed by atoms with van der Waals surface area (Å²) in [5, 5.41) is 0. The van der Waals surface area contributed by atoms with Crippen LogP contribution >= 0.6 is 0 Å². The Labute approximate surface area is 144 Å². The lowest BCUT2D eigenvalue weighted by Crippen LogP contribution is -2.54. The molecule has 2 aromatic rings. The summed E-state index contributed by atoms with van der Waals surface area (Å²) in [7, 11) is 0. The number of nitrogens with zero attached hydrogens (tertiary/aromatic N) is 2. The minimum absolute atomic E-state index is 0.0207. The quantitative estimate of drug-likeness (QED) is 0.860. The number of carbonyl (C=O) groups excluding carboxylic acids is 1. The molecule has 3 rings (SSSR count). The smallest absolute Gasteiger partial charge is 0.289 e. The van der Waals surface area contributed by atoms with Gasteiger partial charge in [0.1, 0.15) is 0 Å². The number of furan rings is 1. The highest BCUT2D eigenvalue weighted by Crippen LogP contribution is 2.26. The minimum atomic E-state index is -0.0207. The van der Waals surface area contributed by atoms with Crippen LogP contribution in [-0.2, 0) is 0 Å². The molecule has 1 aromatic heterocycles. The molecule has 1 aliphatic heterocycles. The predicted octanol–water partition coefficient (Wildman–Crippen LogP) is 3.86. The molecule has 0 aliphatic carbocycles. The number of hydrogen-bond acceptors (Lipinski definition) is 3. The average molecular weight is 325 g/mol. The molecule has 0 unspecified atom stereocenters. The molecule has 4 nitrogen and oxygen atoms in total. The second-order valence-electron chi connectivity index (χ2n) is 6.90. The van der Waals surface area contributed by atoms with Crippen molar-refractivity contribution >= 4 is 11.6 Å². The maximum absolute atomic E-state index is 12.5.